The van der Waals surface area contributed by atoms with E-state index in [1.165, 1.54) is 0 Å². The first-order chi connectivity index (χ1) is 5.91. The van der Waals surface area contributed by atoms with Crippen molar-refractivity contribution >= 4 is 5.97 Å². The Morgan fingerprint density at radius 1 is 1.14 bits per heavy atom. The standard InChI is InChI=1S/C6H12O7.Li/c7-1-2(8)3(9)4(10)5(11)6(12)13;/h2-5,7-11H,1H2,(H,12,13);/q;+1/p-1/t2-,3-,4+,5-;/m0./s1. The third-order valence-electron chi connectivity index (χ3n) is 1.50. The second-order valence-electron chi connectivity index (χ2n) is 2.49. The van der Waals surface area contributed by atoms with Crippen LogP contribution < -0.4 is 24.0 Å². The number of carboxylic acids is 1. The molecule has 0 aromatic heterocycles. The van der Waals surface area contributed by atoms with Crippen molar-refractivity contribution in [3.05, 3.63) is 0 Å². The number of aliphatic hydroxyl groups excluding tert-OH is 5. The van der Waals surface area contributed by atoms with Gasteiger partial charge in [0, 0.05) is 0 Å². The first kappa shape index (κ1) is 16.3. The number of aliphatic hydroxyl groups is 5. The third-order valence-corrected chi connectivity index (χ3v) is 1.50. The average Bonchev–Trinajstić information content (AvgIpc) is 2.12. The second-order valence-corrected chi connectivity index (χ2v) is 2.49. The van der Waals surface area contributed by atoms with Crippen molar-refractivity contribution in [3.8, 4) is 0 Å². The van der Waals surface area contributed by atoms with Gasteiger partial charge in [-0.3, -0.25) is 0 Å². The normalized spacial score (nSPS) is 18.9. The molecule has 0 fully saturated rings. The second kappa shape index (κ2) is 7.20. The van der Waals surface area contributed by atoms with Gasteiger partial charge in [0.1, 0.15) is 24.4 Å². The molecule has 0 radical (unpaired) electrons. The van der Waals surface area contributed by atoms with Crippen molar-refractivity contribution in [3.63, 3.8) is 0 Å². The summed E-state index contributed by atoms with van der Waals surface area (Å²) in [5.74, 6) is -1.98. The van der Waals surface area contributed by atoms with E-state index in [1.54, 1.807) is 0 Å². The molecule has 0 spiro atoms. The average molecular weight is 202 g/mol. The molecule has 0 aromatic carbocycles. The summed E-state index contributed by atoms with van der Waals surface area (Å²) in [6.45, 7) is -0.863. The summed E-state index contributed by atoms with van der Waals surface area (Å²) in [6, 6.07) is 0. The number of carboxylic acid groups (broad SMARTS) is 1. The molecule has 0 unspecified atom stereocenters. The maximum Gasteiger partial charge on any atom is 1.00 e. The summed E-state index contributed by atoms with van der Waals surface area (Å²) >= 11 is 0. The maximum absolute atomic E-state index is 9.98. The zero-order chi connectivity index (χ0) is 10.6. The van der Waals surface area contributed by atoms with Gasteiger partial charge in [-0.05, 0) is 0 Å². The van der Waals surface area contributed by atoms with Crippen molar-refractivity contribution in [1.29, 1.82) is 0 Å². The fourth-order valence-electron chi connectivity index (χ4n) is 0.662. The Labute approximate surface area is 91.8 Å². The first-order valence-corrected chi connectivity index (χ1v) is 3.45. The van der Waals surface area contributed by atoms with Crippen LogP contribution in [0.5, 0.6) is 0 Å². The van der Waals surface area contributed by atoms with Crippen LogP contribution in [0, 0.1) is 0 Å². The topological polar surface area (TPSA) is 141 Å². The van der Waals surface area contributed by atoms with Crippen molar-refractivity contribution < 1.29 is 54.3 Å². The quantitative estimate of drug-likeness (QED) is 0.279. The fourth-order valence-corrected chi connectivity index (χ4v) is 0.662. The van der Waals surface area contributed by atoms with Crippen molar-refractivity contribution in [2.75, 3.05) is 6.61 Å². The minimum Gasteiger partial charge on any atom is -0.547 e. The molecule has 14 heavy (non-hydrogen) atoms. The van der Waals surface area contributed by atoms with E-state index in [1.807, 2.05) is 0 Å². The molecule has 0 aliphatic heterocycles. The monoisotopic (exact) mass is 202 g/mol. The van der Waals surface area contributed by atoms with E-state index in [0.29, 0.717) is 0 Å². The number of hydrogen-bond acceptors (Lipinski definition) is 7. The van der Waals surface area contributed by atoms with Crippen LogP contribution in [0.2, 0.25) is 0 Å². The zero-order valence-corrected chi connectivity index (χ0v) is 7.57. The van der Waals surface area contributed by atoms with E-state index in [2.05, 4.69) is 0 Å². The Morgan fingerprint density at radius 2 is 1.57 bits per heavy atom. The summed E-state index contributed by atoms with van der Waals surface area (Å²) in [5, 5.41) is 53.4. The van der Waals surface area contributed by atoms with E-state index in [4.69, 9.17) is 25.5 Å². The van der Waals surface area contributed by atoms with Crippen LogP contribution >= 0.6 is 0 Å². The summed E-state index contributed by atoms with van der Waals surface area (Å²) in [4.78, 5) is 9.98. The molecule has 0 saturated heterocycles. The van der Waals surface area contributed by atoms with Crippen molar-refractivity contribution in [2.45, 2.75) is 24.4 Å². The number of rotatable bonds is 5. The van der Waals surface area contributed by atoms with Gasteiger partial charge in [-0.2, -0.15) is 0 Å². The molecule has 5 N–H and O–H groups in total. The van der Waals surface area contributed by atoms with Crippen molar-refractivity contribution in [1.82, 2.24) is 0 Å². The van der Waals surface area contributed by atoms with Crippen LogP contribution in [0.25, 0.3) is 0 Å². The molecule has 7 nitrogen and oxygen atoms in total. The predicted octanol–water partition coefficient (Wildman–Crippen LogP) is -7.82. The van der Waals surface area contributed by atoms with E-state index >= 15 is 0 Å². The number of hydrogen-bond donors (Lipinski definition) is 5. The van der Waals surface area contributed by atoms with E-state index < -0.39 is 37.0 Å². The molecule has 78 valence electrons. The summed E-state index contributed by atoms with van der Waals surface area (Å²) in [5.41, 5.74) is 0. The molecule has 0 saturated carbocycles. The maximum atomic E-state index is 9.98. The molecule has 0 rings (SSSR count). The van der Waals surface area contributed by atoms with Gasteiger partial charge in [0.2, 0.25) is 0 Å². The third kappa shape index (κ3) is 4.39. The summed E-state index contributed by atoms with van der Waals surface area (Å²) in [7, 11) is 0. The molecule has 8 heteroatoms. The molecule has 0 aromatic rings. The first-order valence-electron chi connectivity index (χ1n) is 3.45. The van der Waals surface area contributed by atoms with Crippen LogP contribution in [0.15, 0.2) is 0 Å². The van der Waals surface area contributed by atoms with Crippen LogP contribution in [0.1, 0.15) is 0 Å². The molecule has 0 bridgehead atoms. The smallest absolute Gasteiger partial charge is 0.547 e. The Hall–Kier alpha value is -0.133. The molecule has 4 atom stereocenters. The van der Waals surface area contributed by atoms with Crippen LogP contribution in [0.4, 0.5) is 0 Å². The van der Waals surface area contributed by atoms with Crippen LogP contribution in [0.3, 0.4) is 0 Å². The van der Waals surface area contributed by atoms with Gasteiger partial charge in [0.25, 0.3) is 0 Å². The van der Waals surface area contributed by atoms with Gasteiger partial charge in [-0.1, -0.05) is 0 Å². The van der Waals surface area contributed by atoms with Gasteiger partial charge in [-0.25, -0.2) is 0 Å². The van der Waals surface area contributed by atoms with E-state index in [9.17, 15) is 9.90 Å². The minimum atomic E-state index is -2.31. The largest absolute Gasteiger partial charge is 1.00 e. The Balaban J connectivity index is 0. The summed E-state index contributed by atoms with van der Waals surface area (Å²) in [6.07, 6.45) is -8.08. The molecule has 0 amide bonds. The number of carbonyl (C=O) groups excluding carboxylic acids is 1. The SMILES string of the molecule is O=C([O-])[C@@H](O)[C@H](O)[C@@H](O)[C@@H](O)CO.[Li+]. The molecular formula is C6H11LiO7. The van der Waals surface area contributed by atoms with Gasteiger partial charge in [-0.15, -0.1) is 0 Å². The van der Waals surface area contributed by atoms with Crippen LogP contribution in [-0.2, 0) is 4.79 Å². The Kier molecular flexibility index (Phi) is 8.38. The zero-order valence-electron chi connectivity index (χ0n) is 7.57. The summed E-state index contributed by atoms with van der Waals surface area (Å²) < 4.78 is 0. The molecule has 0 aliphatic carbocycles. The Morgan fingerprint density at radius 3 is 1.86 bits per heavy atom. The van der Waals surface area contributed by atoms with Gasteiger partial charge in [0.05, 0.1) is 12.6 Å². The Bertz CT molecular complexity index is 176. The van der Waals surface area contributed by atoms with Gasteiger partial charge >= 0.3 is 18.9 Å². The van der Waals surface area contributed by atoms with E-state index in [-0.39, 0.29) is 18.9 Å². The van der Waals surface area contributed by atoms with Gasteiger partial charge < -0.3 is 35.4 Å². The molecule has 0 heterocycles. The number of carbonyl (C=O) groups is 1. The molecule has 0 aliphatic rings. The fraction of sp³-hybridized carbons (Fsp3) is 0.833. The van der Waals surface area contributed by atoms with Crippen molar-refractivity contribution in [2.24, 2.45) is 0 Å². The molecular weight excluding hydrogens is 191 g/mol. The number of aliphatic carboxylic acids is 1. The predicted molar refractivity (Wildman–Crippen MR) is 36.1 cm³/mol. The minimum absolute atomic E-state index is 0. The van der Waals surface area contributed by atoms with E-state index in [0.717, 1.165) is 0 Å². The van der Waals surface area contributed by atoms with Crippen LogP contribution in [-0.4, -0.2) is 62.5 Å². The van der Waals surface area contributed by atoms with Gasteiger partial charge in [0.15, 0.2) is 0 Å².